The molecule has 7 nitrogen and oxygen atoms in total. The highest BCUT2D eigenvalue weighted by Crippen LogP contribution is 2.25. The lowest BCUT2D eigenvalue weighted by Crippen LogP contribution is -2.19. The van der Waals surface area contributed by atoms with Crippen LogP contribution in [0.5, 0.6) is 11.5 Å². The molecule has 0 bridgehead atoms. The summed E-state index contributed by atoms with van der Waals surface area (Å²) >= 11 is 0. The number of rotatable bonds is 7. The lowest BCUT2D eigenvalue weighted by Gasteiger charge is -2.08. The maximum Gasteiger partial charge on any atom is 0.255 e. The first-order valence-electron chi connectivity index (χ1n) is 10.1. The Bertz CT molecular complexity index is 1150. The van der Waals surface area contributed by atoms with Crippen molar-refractivity contribution in [3.63, 3.8) is 0 Å². The quantitative estimate of drug-likeness (QED) is 0.256. The summed E-state index contributed by atoms with van der Waals surface area (Å²) in [5.74, 6) is -0.852. The molecule has 0 aliphatic rings. The third kappa shape index (κ3) is 6.18. The number of aromatic hydroxyl groups is 2. The second-order valence-electron chi connectivity index (χ2n) is 7.46. The number of benzene rings is 3. The van der Waals surface area contributed by atoms with Crippen LogP contribution in [0, 0.1) is 6.92 Å². The number of aryl methyl sites for hydroxylation is 2. The smallest absolute Gasteiger partial charge is 0.255 e. The summed E-state index contributed by atoms with van der Waals surface area (Å²) in [4.78, 5) is 24.4. The molecule has 0 saturated heterocycles. The van der Waals surface area contributed by atoms with E-state index in [1.54, 1.807) is 31.2 Å². The molecule has 164 valence electrons. The fraction of sp³-hybridized carbons (Fsp3) is 0.160. The second kappa shape index (κ2) is 10.3. The molecule has 0 spiro atoms. The topological polar surface area (TPSA) is 111 Å². The number of carbonyl (C=O) groups excluding carboxylic acids is 2. The highest BCUT2D eigenvalue weighted by atomic mass is 16.3. The lowest BCUT2D eigenvalue weighted by atomic mass is 10.1. The Morgan fingerprint density at radius 1 is 0.906 bits per heavy atom. The average Bonchev–Trinajstić information content (AvgIpc) is 2.78. The molecule has 32 heavy (non-hydrogen) atoms. The van der Waals surface area contributed by atoms with Crippen LogP contribution in [0.15, 0.2) is 71.8 Å². The first-order chi connectivity index (χ1) is 15.3. The van der Waals surface area contributed by atoms with Crippen LogP contribution in [0.1, 0.15) is 40.4 Å². The molecule has 0 aliphatic carbocycles. The summed E-state index contributed by atoms with van der Waals surface area (Å²) in [5, 5.41) is 25.8. The highest BCUT2D eigenvalue weighted by Gasteiger charge is 2.08. The summed E-state index contributed by atoms with van der Waals surface area (Å²) in [5.41, 5.74) is 6.96. The van der Waals surface area contributed by atoms with E-state index in [-0.39, 0.29) is 29.7 Å². The van der Waals surface area contributed by atoms with Gasteiger partial charge in [0.25, 0.3) is 5.91 Å². The molecular weight excluding hydrogens is 406 g/mol. The Balaban J connectivity index is 1.52. The van der Waals surface area contributed by atoms with E-state index in [0.29, 0.717) is 23.4 Å². The van der Waals surface area contributed by atoms with Gasteiger partial charge in [-0.25, -0.2) is 5.43 Å². The molecule has 3 rings (SSSR count). The molecule has 0 heterocycles. The van der Waals surface area contributed by atoms with Gasteiger partial charge >= 0.3 is 0 Å². The molecular formula is C25H25N3O4. The fourth-order valence-electron chi connectivity index (χ4n) is 3.03. The molecule has 0 unspecified atom stereocenters. The molecule has 0 aromatic heterocycles. The van der Waals surface area contributed by atoms with Crippen LogP contribution in [-0.4, -0.2) is 27.7 Å². The summed E-state index contributed by atoms with van der Waals surface area (Å²) < 4.78 is 0. The molecule has 4 N–H and O–H groups in total. The molecule has 0 aliphatic heterocycles. The van der Waals surface area contributed by atoms with E-state index in [9.17, 15) is 19.8 Å². The van der Waals surface area contributed by atoms with Gasteiger partial charge in [0, 0.05) is 17.7 Å². The number of nitrogens with zero attached hydrogens (tertiary/aromatic N) is 1. The summed E-state index contributed by atoms with van der Waals surface area (Å²) in [7, 11) is 0. The largest absolute Gasteiger partial charge is 0.504 e. The van der Waals surface area contributed by atoms with E-state index < -0.39 is 0 Å². The number of phenolic OH excluding ortho intramolecular Hbond substituents is 2. The zero-order chi connectivity index (χ0) is 23.1. The molecule has 0 fully saturated rings. The zero-order valence-electron chi connectivity index (χ0n) is 17.9. The SMILES string of the molecule is CC(=NNC(=O)CCc1ccc(O)c(O)c1)c1ccc(NC(=O)c2cccc(C)c2)cc1. The normalized spacial score (nSPS) is 11.1. The maximum atomic E-state index is 12.4. The molecule has 3 aromatic rings. The van der Waals surface area contributed by atoms with E-state index in [1.807, 2.05) is 37.3 Å². The van der Waals surface area contributed by atoms with Crippen molar-refractivity contribution in [2.75, 3.05) is 5.32 Å². The van der Waals surface area contributed by atoms with Gasteiger partial charge in [0.1, 0.15) is 0 Å². The number of amides is 2. The van der Waals surface area contributed by atoms with Crippen molar-refractivity contribution in [2.45, 2.75) is 26.7 Å². The Hall–Kier alpha value is -4.13. The summed E-state index contributed by atoms with van der Waals surface area (Å²) in [6.07, 6.45) is 0.592. The Morgan fingerprint density at radius 3 is 2.34 bits per heavy atom. The number of hydrogen-bond acceptors (Lipinski definition) is 5. The highest BCUT2D eigenvalue weighted by molar-refractivity contribution is 6.05. The van der Waals surface area contributed by atoms with Crippen LogP contribution < -0.4 is 10.7 Å². The molecule has 0 saturated carbocycles. The molecule has 0 atom stereocenters. The fourth-order valence-corrected chi connectivity index (χ4v) is 3.03. The van der Waals surface area contributed by atoms with E-state index in [2.05, 4.69) is 15.8 Å². The van der Waals surface area contributed by atoms with E-state index >= 15 is 0 Å². The van der Waals surface area contributed by atoms with Crippen molar-refractivity contribution in [3.8, 4) is 11.5 Å². The first kappa shape index (κ1) is 22.6. The monoisotopic (exact) mass is 431 g/mol. The van der Waals surface area contributed by atoms with Gasteiger partial charge in [0.15, 0.2) is 11.5 Å². The van der Waals surface area contributed by atoms with Gasteiger partial charge in [-0.05, 0) is 67.8 Å². The van der Waals surface area contributed by atoms with Gasteiger partial charge < -0.3 is 15.5 Å². The first-order valence-corrected chi connectivity index (χ1v) is 10.1. The van der Waals surface area contributed by atoms with Gasteiger partial charge in [-0.15, -0.1) is 0 Å². The number of hydrogen-bond donors (Lipinski definition) is 4. The number of carbonyl (C=O) groups is 2. The van der Waals surface area contributed by atoms with Gasteiger partial charge in [0.2, 0.25) is 5.91 Å². The summed E-state index contributed by atoms with van der Waals surface area (Å²) in [6.45, 7) is 3.71. The van der Waals surface area contributed by atoms with E-state index in [4.69, 9.17) is 0 Å². The second-order valence-corrected chi connectivity index (χ2v) is 7.46. The van der Waals surface area contributed by atoms with E-state index in [0.717, 1.165) is 16.7 Å². The van der Waals surface area contributed by atoms with Crippen molar-refractivity contribution in [2.24, 2.45) is 5.10 Å². The predicted octanol–water partition coefficient (Wildman–Crippen LogP) is 4.13. The van der Waals surface area contributed by atoms with Crippen molar-refractivity contribution in [1.82, 2.24) is 5.43 Å². The number of phenols is 2. The van der Waals surface area contributed by atoms with Crippen LogP contribution in [-0.2, 0) is 11.2 Å². The zero-order valence-corrected chi connectivity index (χ0v) is 17.9. The molecule has 0 radical (unpaired) electrons. The average molecular weight is 431 g/mol. The molecule has 7 heteroatoms. The number of nitrogens with one attached hydrogen (secondary N) is 2. The molecule has 3 aromatic carbocycles. The van der Waals surface area contributed by atoms with Crippen LogP contribution in [0.25, 0.3) is 0 Å². The Morgan fingerprint density at radius 2 is 1.66 bits per heavy atom. The van der Waals surface area contributed by atoms with Crippen LogP contribution in [0.2, 0.25) is 0 Å². The Kier molecular flexibility index (Phi) is 7.23. The van der Waals surface area contributed by atoms with Gasteiger partial charge in [-0.3, -0.25) is 9.59 Å². The van der Waals surface area contributed by atoms with Crippen molar-refractivity contribution in [3.05, 3.63) is 89.0 Å². The van der Waals surface area contributed by atoms with Gasteiger partial charge in [0.05, 0.1) is 5.71 Å². The standard InChI is InChI=1S/C25H25N3O4/c1-16-4-3-5-20(14-16)25(32)26-21-10-8-19(9-11-21)17(2)27-28-24(31)13-7-18-6-12-22(29)23(30)15-18/h3-6,8-12,14-15,29-30H,7,13H2,1-2H3,(H,26,32)(H,28,31). The van der Waals surface area contributed by atoms with Gasteiger partial charge in [-0.2, -0.15) is 5.10 Å². The minimum atomic E-state index is -0.265. The van der Waals surface area contributed by atoms with Crippen LogP contribution in [0.4, 0.5) is 5.69 Å². The van der Waals surface area contributed by atoms with Crippen molar-refractivity contribution >= 4 is 23.2 Å². The Labute approximate surface area is 186 Å². The minimum absolute atomic E-state index is 0.180. The third-order valence-electron chi connectivity index (χ3n) is 4.87. The minimum Gasteiger partial charge on any atom is -0.504 e. The predicted molar refractivity (Wildman–Crippen MR) is 124 cm³/mol. The number of anilines is 1. The molecule has 2 amide bonds. The van der Waals surface area contributed by atoms with E-state index in [1.165, 1.54) is 12.1 Å². The maximum absolute atomic E-state index is 12.4. The number of hydrazone groups is 1. The lowest BCUT2D eigenvalue weighted by molar-refractivity contribution is -0.121. The van der Waals surface area contributed by atoms with Crippen LogP contribution >= 0.6 is 0 Å². The van der Waals surface area contributed by atoms with Crippen molar-refractivity contribution < 1.29 is 19.8 Å². The van der Waals surface area contributed by atoms with Gasteiger partial charge in [-0.1, -0.05) is 35.9 Å². The third-order valence-corrected chi connectivity index (χ3v) is 4.87. The summed E-state index contributed by atoms with van der Waals surface area (Å²) in [6, 6.07) is 19.0. The van der Waals surface area contributed by atoms with Crippen LogP contribution in [0.3, 0.4) is 0 Å². The van der Waals surface area contributed by atoms with Crippen molar-refractivity contribution in [1.29, 1.82) is 0 Å².